The number of hydrogen-bond donors (Lipinski definition) is 2. The quantitative estimate of drug-likeness (QED) is 0.247. The zero-order chi connectivity index (χ0) is 24.2. The summed E-state index contributed by atoms with van der Waals surface area (Å²) in [5, 5.41) is 16.3. The normalized spacial score (nSPS) is 20.4. The molecule has 1 fully saturated rings. The van der Waals surface area contributed by atoms with Crippen LogP contribution in [0.15, 0.2) is 58.3 Å². The Morgan fingerprint density at radius 3 is 2.48 bits per heavy atom. The second-order valence-electron chi connectivity index (χ2n) is 7.29. The molecule has 0 aliphatic carbocycles. The number of thioether (sulfide) groups is 1. The topological polar surface area (TPSA) is 145 Å². The Morgan fingerprint density at radius 2 is 1.88 bits per heavy atom. The minimum absolute atomic E-state index is 0.0752. The number of sulfone groups is 1. The molecule has 10 nitrogen and oxygen atoms in total. The highest BCUT2D eigenvalue weighted by molar-refractivity contribution is 7.98. The summed E-state index contributed by atoms with van der Waals surface area (Å²) in [7, 11) is -4.10. The Hall–Kier alpha value is -3.12. The summed E-state index contributed by atoms with van der Waals surface area (Å²) in [6.07, 6.45) is 1.91. The number of ether oxygens (including phenoxy) is 1. The molecule has 1 saturated heterocycles. The van der Waals surface area contributed by atoms with Crippen LogP contribution in [-0.4, -0.2) is 50.0 Å². The Labute approximate surface area is 195 Å². The summed E-state index contributed by atoms with van der Waals surface area (Å²) in [5.41, 5.74) is 0.248. The number of esters is 1. The Balaban J connectivity index is 1.98. The van der Waals surface area contributed by atoms with Gasteiger partial charge in [-0.05, 0) is 36.9 Å². The number of rotatable bonds is 8. The van der Waals surface area contributed by atoms with E-state index in [-0.39, 0.29) is 17.2 Å². The van der Waals surface area contributed by atoms with Gasteiger partial charge in [-0.2, -0.15) is 0 Å². The van der Waals surface area contributed by atoms with Crippen LogP contribution in [0.1, 0.15) is 18.5 Å². The fraction of sp³-hybridized carbons (Fsp3) is 0.333. The van der Waals surface area contributed by atoms with Crippen LogP contribution in [0.25, 0.3) is 0 Å². The van der Waals surface area contributed by atoms with E-state index in [0.717, 1.165) is 11.0 Å². The monoisotopic (exact) mass is 493 g/mol. The lowest BCUT2D eigenvalue weighted by Crippen LogP contribution is -2.60. The van der Waals surface area contributed by atoms with E-state index in [1.807, 2.05) is 18.4 Å². The van der Waals surface area contributed by atoms with Crippen LogP contribution in [-0.2, 0) is 19.4 Å². The van der Waals surface area contributed by atoms with Crippen molar-refractivity contribution < 1.29 is 27.7 Å². The van der Waals surface area contributed by atoms with Gasteiger partial charge in [-0.25, -0.2) is 13.2 Å². The fourth-order valence-corrected chi connectivity index (χ4v) is 5.62. The maximum Gasteiger partial charge on any atom is 0.315 e. The molecule has 2 aromatic rings. The van der Waals surface area contributed by atoms with Crippen molar-refractivity contribution in [3.8, 4) is 0 Å². The molecule has 1 aliphatic heterocycles. The molecule has 176 valence electrons. The van der Waals surface area contributed by atoms with Crippen LogP contribution >= 0.6 is 11.8 Å². The first-order valence-corrected chi connectivity index (χ1v) is 12.9. The molecular formula is C21H23N3O7S2. The van der Waals surface area contributed by atoms with E-state index in [2.05, 4.69) is 10.6 Å². The van der Waals surface area contributed by atoms with Crippen LogP contribution in [0.4, 0.5) is 10.5 Å². The number of carbonyl (C=O) groups excluding carboxylic acids is 2. The second kappa shape index (κ2) is 10.2. The fourth-order valence-electron chi connectivity index (χ4n) is 3.67. The molecule has 0 aromatic heterocycles. The molecule has 3 unspecified atom stereocenters. The first-order chi connectivity index (χ1) is 15.7. The van der Waals surface area contributed by atoms with E-state index in [1.165, 1.54) is 30.0 Å². The van der Waals surface area contributed by atoms with Gasteiger partial charge >= 0.3 is 12.0 Å². The molecule has 0 spiro atoms. The van der Waals surface area contributed by atoms with Crippen molar-refractivity contribution in [1.82, 2.24) is 10.6 Å². The largest absolute Gasteiger partial charge is 0.466 e. The smallest absolute Gasteiger partial charge is 0.315 e. The number of carbonyl (C=O) groups is 2. The molecule has 3 rings (SSSR count). The maximum absolute atomic E-state index is 13.1. The van der Waals surface area contributed by atoms with E-state index in [0.29, 0.717) is 5.56 Å². The van der Waals surface area contributed by atoms with Gasteiger partial charge < -0.3 is 15.4 Å². The summed E-state index contributed by atoms with van der Waals surface area (Å²) in [4.78, 5) is 36.4. The first-order valence-electron chi connectivity index (χ1n) is 10.0. The molecule has 2 N–H and O–H groups in total. The van der Waals surface area contributed by atoms with Gasteiger partial charge in [-0.1, -0.05) is 18.2 Å². The van der Waals surface area contributed by atoms with Crippen LogP contribution < -0.4 is 10.6 Å². The number of nitrogens with zero attached hydrogens (tertiary/aromatic N) is 1. The van der Waals surface area contributed by atoms with Gasteiger partial charge in [0.25, 0.3) is 5.69 Å². The molecule has 0 saturated carbocycles. The van der Waals surface area contributed by atoms with Crippen molar-refractivity contribution in [2.45, 2.75) is 28.8 Å². The summed E-state index contributed by atoms with van der Waals surface area (Å²) in [6, 6.07) is 9.28. The molecule has 1 heterocycles. The van der Waals surface area contributed by atoms with Gasteiger partial charge in [0.05, 0.1) is 34.3 Å². The summed E-state index contributed by atoms with van der Waals surface area (Å²) < 4.78 is 31.4. The average molecular weight is 494 g/mol. The highest BCUT2D eigenvalue weighted by Gasteiger charge is 2.45. The van der Waals surface area contributed by atoms with Crippen LogP contribution in [0.3, 0.4) is 0 Å². The standard InChI is InChI=1S/C21H23N3O7S2/c1-3-31-20(25)18-17(12-33(29,30)16-6-4-5-14(11-16)24(27)28)22-21(26)23-19(18)13-7-9-15(32-2)10-8-13/h4-11,17-19H,3,12H2,1-2H3,(H2,22,23,26). The second-order valence-corrected chi connectivity index (χ2v) is 10.2. The summed E-state index contributed by atoms with van der Waals surface area (Å²) >= 11 is 1.53. The number of urea groups is 1. The van der Waals surface area contributed by atoms with Crippen molar-refractivity contribution >= 4 is 39.3 Å². The minimum Gasteiger partial charge on any atom is -0.466 e. The van der Waals surface area contributed by atoms with Crippen LogP contribution in [0.5, 0.6) is 0 Å². The van der Waals surface area contributed by atoms with Crippen molar-refractivity contribution in [3.63, 3.8) is 0 Å². The van der Waals surface area contributed by atoms with E-state index in [4.69, 9.17) is 4.74 Å². The Morgan fingerprint density at radius 1 is 1.18 bits per heavy atom. The van der Waals surface area contributed by atoms with Crippen molar-refractivity contribution in [2.24, 2.45) is 5.92 Å². The van der Waals surface area contributed by atoms with Crippen LogP contribution in [0.2, 0.25) is 0 Å². The lowest BCUT2D eigenvalue weighted by atomic mass is 9.86. The third-order valence-corrected chi connectivity index (χ3v) is 7.73. The van der Waals surface area contributed by atoms with E-state index in [9.17, 15) is 28.1 Å². The molecule has 0 radical (unpaired) electrons. The SMILES string of the molecule is CCOC(=O)C1C(CS(=O)(=O)c2cccc([N+](=O)[O-])c2)NC(=O)NC1c1ccc(SC)cc1. The Kier molecular flexibility index (Phi) is 7.59. The molecule has 2 aromatic carbocycles. The number of nitrogens with one attached hydrogen (secondary N) is 2. The van der Waals surface area contributed by atoms with Gasteiger partial charge in [0, 0.05) is 17.0 Å². The maximum atomic E-state index is 13.1. The predicted molar refractivity (Wildman–Crippen MR) is 122 cm³/mol. The minimum atomic E-state index is -4.10. The van der Waals surface area contributed by atoms with Gasteiger partial charge in [0.15, 0.2) is 9.84 Å². The van der Waals surface area contributed by atoms with E-state index < -0.39 is 50.5 Å². The molecule has 0 bridgehead atoms. The predicted octanol–water partition coefficient (Wildman–Crippen LogP) is 2.69. The van der Waals surface area contributed by atoms with Crippen molar-refractivity contribution in [1.29, 1.82) is 0 Å². The molecular weight excluding hydrogens is 470 g/mol. The van der Waals surface area contributed by atoms with Crippen molar-refractivity contribution in [2.75, 3.05) is 18.6 Å². The van der Waals surface area contributed by atoms with Gasteiger partial charge in [-0.15, -0.1) is 11.8 Å². The van der Waals surface area contributed by atoms with Crippen molar-refractivity contribution in [3.05, 3.63) is 64.2 Å². The molecule has 2 amide bonds. The van der Waals surface area contributed by atoms with E-state index in [1.54, 1.807) is 19.1 Å². The van der Waals surface area contributed by atoms with Crippen LogP contribution in [0, 0.1) is 16.0 Å². The molecule has 3 atom stereocenters. The number of nitro groups is 1. The summed E-state index contributed by atoms with van der Waals surface area (Å²) in [5.74, 6) is -2.34. The molecule has 12 heteroatoms. The van der Waals surface area contributed by atoms with Gasteiger partial charge in [0.1, 0.15) is 5.92 Å². The third-order valence-electron chi connectivity index (χ3n) is 5.22. The van der Waals surface area contributed by atoms with Gasteiger partial charge in [-0.3, -0.25) is 14.9 Å². The lowest BCUT2D eigenvalue weighted by Gasteiger charge is -2.37. The zero-order valence-electron chi connectivity index (χ0n) is 17.9. The number of amides is 2. The third kappa shape index (κ3) is 5.63. The first kappa shape index (κ1) is 24.5. The zero-order valence-corrected chi connectivity index (χ0v) is 19.5. The number of nitro benzene ring substituents is 1. The lowest BCUT2D eigenvalue weighted by molar-refractivity contribution is -0.385. The van der Waals surface area contributed by atoms with E-state index >= 15 is 0 Å². The highest BCUT2D eigenvalue weighted by Crippen LogP contribution is 2.32. The average Bonchev–Trinajstić information content (AvgIpc) is 2.78. The highest BCUT2D eigenvalue weighted by atomic mass is 32.2. The number of non-ortho nitro benzene ring substituents is 1. The summed E-state index contributed by atoms with van der Waals surface area (Å²) in [6.45, 7) is 1.70. The van der Waals surface area contributed by atoms with Gasteiger partial charge in [0.2, 0.25) is 0 Å². The molecule has 33 heavy (non-hydrogen) atoms. The Bertz CT molecular complexity index is 1150. The molecule has 1 aliphatic rings. The number of benzene rings is 2. The number of hydrogen-bond acceptors (Lipinski definition) is 8.